The van der Waals surface area contributed by atoms with Gasteiger partial charge in [0.15, 0.2) is 0 Å². The van der Waals surface area contributed by atoms with Crippen molar-refractivity contribution in [1.82, 2.24) is 9.80 Å². The fourth-order valence-electron chi connectivity index (χ4n) is 4.37. The van der Waals surface area contributed by atoms with Crippen molar-refractivity contribution in [3.05, 3.63) is 58.6 Å². The monoisotopic (exact) mass is 535 g/mol. The molecular formula is C25H37N5O4S2. The zero-order chi connectivity index (χ0) is 26.1. The molecule has 1 unspecified atom stereocenters. The highest BCUT2D eigenvalue weighted by molar-refractivity contribution is 7.99. The third kappa shape index (κ3) is 9.04. The van der Waals surface area contributed by atoms with Crippen LogP contribution in [0.1, 0.15) is 25.7 Å². The maximum atomic E-state index is 11.7. The van der Waals surface area contributed by atoms with Crippen molar-refractivity contribution in [2.45, 2.75) is 41.5 Å². The van der Waals surface area contributed by atoms with Crippen LogP contribution in [0.15, 0.2) is 58.3 Å². The van der Waals surface area contributed by atoms with Crippen molar-refractivity contribution in [3.63, 3.8) is 0 Å². The number of rotatable bonds is 13. The van der Waals surface area contributed by atoms with E-state index in [-0.39, 0.29) is 16.6 Å². The number of thioether (sulfide) groups is 1. The number of piperidine rings is 1. The van der Waals surface area contributed by atoms with E-state index in [0.717, 1.165) is 55.2 Å². The molecule has 198 valence electrons. The first kappa shape index (κ1) is 28.4. The highest BCUT2D eigenvalue weighted by Crippen LogP contribution is 2.30. The second-order valence-corrected chi connectivity index (χ2v) is 12.3. The summed E-state index contributed by atoms with van der Waals surface area (Å²) in [4.78, 5) is 16.7. The number of nitrogens with one attached hydrogen (secondary N) is 1. The van der Waals surface area contributed by atoms with Gasteiger partial charge in [-0.1, -0.05) is 18.2 Å². The molecular weight excluding hydrogens is 498 g/mol. The first-order valence-corrected chi connectivity index (χ1v) is 14.8. The third-order valence-corrected chi connectivity index (χ3v) is 8.62. The van der Waals surface area contributed by atoms with E-state index in [9.17, 15) is 18.5 Å². The van der Waals surface area contributed by atoms with Crippen molar-refractivity contribution in [3.8, 4) is 0 Å². The molecule has 0 amide bonds. The van der Waals surface area contributed by atoms with Gasteiger partial charge in [-0.25, -0.2) is 13.6 Å². The number of benzene rings is 2. The Morgan fingerprint density at radius 1 is 1.19 bits per heavy atom. The Bertz CT molecular complexity index is 1090. The largest absolute Gasteiger partial charge is 0.376 e. The Morgan fingerprint density at radius 2 is 1.89 bits per heavy atom. The molecule has 0 aromatic heterocycles. The number of nitrogens with zero attached hydrogens (tertiary/aromatic N) is 3. The summed E-state index contributed by atoms with van der Waals surface area (Å²) in [6.07, 6.45) is 4.45. The Labute approximate surface area is 218 Å². The second-order valence-electron chi connectivity index (χ2n) is 9.61. The summed E-state index contributed by atoms with van der Waals surface area (Å²) < 4.78 is 23.4. The number of primary sulfonamides is 1. The summed E-state index contributed by atoms with van der Waals surface area (Å²) >= 11 is 1.69. The predicted octanol–water partition coefficient (Wildman–Crippen LogP) is 3.87. The number of hydrogen-bond donors (Lipinski definition) is 2. The lowest BCUT2D eigenvalue weighted by Crippen LogP contribution is -2.37. The standard InChI is InChI=1S/C25H37N5O4S2/c1-28(2)14-10-20-11-15-29(16-12-20)17-13-21(19-35-22-6-4-3-5-7-22)27-24-9-8-23(36(26,33)34)18-25(24)30(31)32/h3-9,18,20-21,27H,10-17,19H2,1-2H3,(H2,26,33,34). The number of sulfonamides is 1. The van der Waals surface area contributed by atoms with Gasteiger partial charge >= 0.3 is 0 Å². The molecule has 36 heavy (non-hydrogen) atoms. The van der Waals surface area contributed by atoms with E-state index >= 15 is 0 Å². The molecule has 1 saturated heterocycles. The van der Waals surface area contributed by atoms with E-state index in [4.69, 9.17) is 5.14 Å². The minimum absolute atomic E-state index is 0.0410. The number of nitrogens with two attached hydrogens (primary N) is 1. The molecule has 0 radical (unpaired) electrons. The number of anilines is 1. The van der Waals surface area contributed by atoms with Crippen LogP contribution in [0.2, 0.25) is 0 Å². The zero-order valence-corrected chi connectivity index (χ0v) is 22.6. The Balaban J connectivity index is 1.67. The van der Waals surface area contributed by atoms with E-state index in [0.29, 0.717) is 5.69 Å². The van der Waals surface area contributed by atoms with E-state index in [1.807, 2.05) is 30.3 Å². The summed E-state index contributed by atoms with van der Waals surface area (Å²) in [5.41, 5.74) is 0.00592. The average molecular weight is 536 g/mol. The number of nitro groups is 1. The molecule has 2 aromatic rings. The number of likely N-dealkylation sites (tertiary alicyclic amines) is 1. The first-order chi connectivity index (χ1) is 17.1. The molecule has 1 heterocycles. The average Bonchev–Trinajstić information content (AvgIpc) is 2.85. The molecule has 0 aliphatic carbocycles. The zero-order valence-electron chi connectivity index (χ0n) is 21.0. The van der Waals surface area contributed by atoms with E-state index < -0.39 is 14.9 Å². The predicted molar refractivity (Wildman–Crippen MR) is 146 cm³/mol. The van der Waals surface area contributed by atoms with Crippen LogP contribution >= 0.6 is 11.8 Å². The first-order valence-electron chi connectivity index (χ1n) is 12.2. The highest BCUT2D eigenvalue weighted by atomic mass is 32.2. The molecule has 3 N–H and O–H groups in total. The number of nitro benzene ring substituents is 1. The van der Waals surface area contributed by atoms with Crippen molar-refractivity contribution in [1.29, 1.82) is 0 Å². The lowest BCUT2D eigenvalue weighted by molar-refractivity contribution is -0.384. The molecule has 3 rings (SSSR count). The molecule has 9 nitrogen and oxygen atoms in total. The summed E-state index contributed by atoms with van der Waals surface area (Å²) in [5, 5.41) is 20.2. The lowest BCUT2D eigenvalue weighted by atomic mass is 9.93. The van der Waals surface area contributed by atoms with Crippen molar-refractivity contribution >= 4 is 33.2 Å². The quantitative estimate of drug-likeness (QED) is 0.225. The summed E-state index contributed by atoms with van der Waals surface area (Å²) in [6.45, 7) is 4.16. The molecule has 1 atom stereocenters. The smallest absolute Gasteiger partial charge is 0.293 e. The van der Waals surface area contributed by atoms with Gasteiger partial charge < -0.3 is 15.1 Å². The summed E-state index contributed by atoms with van der Waals surface area (Å²) in [6, 6.07) is 13.8. The van der Waals surface area contributed by atoms with Gasteiger partial charge in [-0.15, -0.1) is 11.8 Å². The van der Waals surface area contributed by atoms with Gasteiger partial charge in [0.25, 0.3) is 5.69 Å². The van der Waals surface area contributed by atoms with Crippen LogP contribution in [-0.4, -0.2) is 75.2 Å². The Morgan fingerprint density at radius 3 is 2.50 bits per heavy atom. The SMILES string of the molecule is CN(C)CCC1CCN(CCC(CSc2ccccc2)Nc2ccc(S(N)(=O)=O)cc2[N+](=O)[O-])CC1. The van der Waals surface area contributed by atoms with Crippen LogP contribution < -0.4 is 10.5 Å². The third-order valence-electron chi connectivity index (χ3n) is 6.53. The van der Waals surface area contributed by atoms with Gasteiger partial charge in [0.05, 0.1) is 9.82 Å². The Kier molecular flexibility index (Phi) is 10.6. The summed E-state index contributed by atoms with van der Waals surface area (Å²) in [7, 11) is 0.193. The maximum absolute atomic E-state index is 11.7. The molecule has 11 heteroatoms. The molecule has 0 spiro atoms. The summed E-state index contributed by atoms with van der Waals surface area (Å²) in [5.74, 6) is 1.49. The topological polar surface area (TPSA) is 122 Å². The minimum Gasteiger partial charge on any atom is -0.376 e. The van der Waals surface area contributed by atoms with Crippen LogP contribution in [0.5, 0.6) is 0 Å². The van der Waals surface area contributed by atoms with Crippen LogP contribution in [0.25, 0.3) is 0 Å². The van der Waals surface area contributed by atoms with Gasteiger partial charge in [0, 0.05) is 29.3 Å². The van der Waals surface area contributed by atoms with E-state index in [1.165, 1.54) is 31.4 Å². The van der Waals surface area contributed by atoms with Gasteiger partial charge in [-0.3, -0.25) is 10.1 Å². The van der Waals surface area contributed by atoms with Crippen molar-refractivity contribution in [2.24, 2.45) is 11.1 Å². The van der Waals surface area contributed by atoms with Gasteiger partial charge in [0.1, 0.15) is 5.69 Å². The van der Waals surface area contributed by atoms with Gasteiger partial charge in [-0.2, -0.15) is 0 Å². The van der Waals surface area contributed by atoms with E-state index in [2.05, 4.69) is 29.2 Å². The van der Waals surface area contributed by atoms with Gasteiger partial charge in [0.2, 0.25) is 10.0 Å². The van der Waals surface area contributed by atoms with Crippen LogP contribution in [-0.2, 0) is 10.0 Å². The molecule has 0 bridgehead atoms. The van der Waals surface area contributed by atoms with Crippen LogP contribution in [0, 0.1) is 16.0 Å². The highest BCUT2D eigenvalue weighted by Gasteiger charge is 2.23. The maximum Gasteiger partial charge on any atom is 0.293 e. The van der Waals surface area contributed by atoms with Gasteiger partial charge in [-0.05, 0) is 89.6 Å². The normalized spacial score (nSPS) is 16.2. The van der Waals surface area contributed by atoms with Crippen LogP contribution in [0.4, 0.5) is 11.4 Å². The molecule has 0 saturated carbocycles. The number of hydrogen-bond acceptors (Lipinski definition) is 8. The van der Waals surface area contributed by atoms with E-state index in [1.54, 1.807) is 11.8 Å². The molecule has 1 aliphatic rings. The Hall–Kier alpha value is -2.18. The molecule has 2 aromatic carbocycles. The molecule has 1 fully saturated rings. The fraction of sp³-hybridized carbons (Fsp3) is 0.520. The van der Waals surface area contributed by atoms with Crippen molar-refractivity contribution < 1.29 is 13.3 Å². The minimum atomic E-state index is -4.03. The lowest BCUT2D eigenvalue weighted by Gasteiger charge is -2.33. The van der Waals surface area contributed by atoms with Crippen LogP contribution in [0.3, 0.4) is 0 Å². The fourth-order valence-corrected chi connectivity index (χ4v) is 5.90. The second kappa shape index (κ2) is 13.4. The molecule has 1 aliphatic heterocycles. The van der Waals surface area contributed by atoms with Crippen molar-refractivity contribution in [2.75, 3.05) is 51.3 Å².